The third-order valence-corrected chi connectivity index (χ3v) is 4.31. The molecule has 7 heteroatoms. The second kappa shape index (κ2) is 7.70. The molecule has 120 valence electrons. The lowest BCUT2D eigenvalue weighted by Gasteiger charge is -2.31. The highest BCUT2D eigenvalue weighted by Gasteiger charge is 2.21. The van der Waals surface area contributed by atoms with Crippen molar-refractivity contribution in [2.75, 3.05) is 19.7 Å². The highest BCUT2D eigenvalue weighted by Crippen LogP contribution is 2.26. The number of piperidine rings is 1. The number of amides is 2. The normalized spacial score (nSPS) is 15.5. The number of nitrogens with one attached hydrogen (secondary N) is 1. The molecule has 1 aliphatic heterocycles. The number of rotatable bonds is 4. The van der Waals surface area contributed by atoms with Crippen LogP contribution in [0.15, 0.2) is 18.2 Å². The van der Waals surface area contributed by atoms with Crippen LogP contribution in [0.4, 0.5) is 0 Å². The van der Waals surface area contributed by atoms with Crippen LogP contribution >= 0.6 is 23.2 Å². The summed E-state index contributed by atoms with van der Waals surface area (Å²) in [5.41, 5.74) is 0. The molecule has 0 aromatic heterocycles. The molecule has 5 nitrogen and oxygen atoms in total. The van der Waals surface area contributed by atoms with Gasteiger partial charge in [-0.05, 0) is 25.0 Å². The van der Waals surface area contributed by atoms with Crippen LogP contribution in [0.2, 0.25) is 10.0 Å². The topological polar surface area (TPSA) is 58.6 Å². The first-order chi connectivity index (χ1) is 10.5. The number of benzene rings is 1. The van der Waals surface area contributed by atoms with Gasteiger partial charge >= 0.3 is 0 Å². The summed E-state index contributed by atoms with van der Waals surface area (Å²) < 4.78 is 5.38. The molecule has 0 saturated carbocycles. The summed E-state index contributed by atoms with van der Waals surface area (Å²) in [5, 5.41) is 3.74. The van der Waals surface area contributed by atoms with Gasteiger partial charge in [0.1, 0.15) is 5.75 Å². The summed E-state index contributed by atoms with van der Waals surface area (Å²) >= 11 is 11.7. The van der Waals surface area contributed by atoms with Crippen LogP contribution < -0.4 is 10.1 Å². The zero-order valence-electron chi connectivity index (χ0n) is 12.3. The monoisotopic (exact) mass is 344 g/mol. The number of hydrogen-bond acceptors (Lipinski definition) is 3. The zero-order chi connectivity index (χ0) is 16.1. The molecule has 2 rings (SSSR count). The van der Waals surface area contributed by atoms with Crippen LogP contribution in [0, 0.1) is 0 Å². The van der Waals surface area contributed by atoms with Crippen LogP contribution in [-0.2, 0) is 9.59 Å². The fourth-order valence-electron chi connectivity index (χ4n) is 2.32. The van der Waals surface area contributed by atoms with Gasteiger partial charge in [-0.25, -0.2) is 0 Å². The minimum atomic E-state index is -0.188. The van der Waals surface area contributed by atoms with E-state index in [2.05, 4.69) is 5.32 Å². The maximum atomic E-state index is 11.9. The van der Waals surface area contributed by atoms with Crippen molar-refractivity contribution < 1.29 is 14.3 Å². The molecule has 0 bridgehead atoms. The second-order valence-corrected chi connectivity index (χ2v) is 6.03. The highest BCUT2D eigenvalue weighted by molar-refractivity contribution is 6.42. The van der Waals surface area contributed by atoms with Gasteiger partial charge in [0.25, 0.3) is 5.91 Å². The molecular weight excluding hydrogens is 327 g/mol. The van der Waals surface area contributed by atoms with Crippen molar-refractivity contribution in [1.82, 2.24) is 10.2 Å². The van der Waals surface area contributed by atoms with Crippen molar-refractivity contribution in [3.63, 3.8) is 0 Å². The quantitative estimate of drug-likeness (QED) is 0.912. The van der Waals surface area contributed by atoms with Gasteiger partial charge in [-0.1, -0.05) is 23.2 Å². The predicted molar refractivity (Wildman–Crippen MR) is 85.4 cm³/mol. The fraction of sp³-hybridized carbons (Fsp3) is 0.467. The maximum Gasteiger partial charge on any atom is 0.258 e. The molecule has 1 aliphatic rings. The Bertz CT molecular complexity index is 558. The Labute approximate surface area is 139 Å². The largest absolute Gasteiger partial charge is 0.484 e. The summed E-state index contributed by atoms with van der Waals surface area (Å²) in [6.07, 6.45) is 1.52. The molecule has 0 unspecified atom stereocenters. The number of likely N-dealkylation sites (tertiary alicyclic amines) is 1. The lowest BCUT2D eigenvalue weighted by molar-refractivity contribution is -0.130. The number of hydrogen-bond donors (Lipinski definition) is 1. The minimum absolute atomic E-state index is 0.0766. The molecule has 1 aromatic rings. The molecule has 2 amide bonds. The van der Waals surface area contributed by atoms with Crippen molar-refractivity contribution in [2.45, 2.75) is 25.8 Å². The molecule has 1 N–H and O–H groups in total. The van der Waals surface area contributed by atoms with Gasteiger partial charge in [-0.2, -0.15) is 0 Å². The van der Waals surface area contributed by atoms with Crippen molar-refractivity contribution in [2.24, 2.45) is 0 Å². The van der Waals surface area contributed by atoms with Crippen molar-refractivity contribution >= 4 is 35.0 Å². The van der Waals surface area contributed by atoms with Crippen LogP contribution in [0.5, 0.6) is 5.75 Å². The average molecular weight is 345 g/mol. The Kier molecular flexibility index (Phi) is 5.91. The summed E-state index contributed by atoms with van der Waals surface area (Å²) in [6.45, 7) is 2.83. The second-order valence-electron chi connectivity index (χ2n) is 5.21. The van der Waals surface area contributed by atoms with E-state index in [1.807, 2.05) is 0 Å². The first-order valence-corrected chi connectivity index (χ1v) is 7.84. The van der Waals surface area contributed by atoms with E-state index in [9.17, 15) is 9.59 Å². The Hall–Kier alpha value is -1.46. The van der Waals surface area contributed by atoms with E-state index in [0.717, 1.165) is 12.8 Å². The molecule has 22 heavy (non-hydrogen) atoms. The van der Waals surface area contributed by atoms with E-state index >= 15 is 0 Å². The van der Waals surface area contributed by atoms with Gasteiger partial charge in [0, 0.05) is 32.1 Å². The van der Waals surface area contributed by atoms with Crippen LogP contribution in [0.3, 0.4) is 0 Å². The third kappa shape index (κ3) is 4.78. The van der Waals surface area contributed by atoms with Crippen LogP contribution in [-0.4, -0.2) is 42.5 Å². The third-order valence-electron chi connectivity index (χ3n) is 3.57. The summed E-state index contributed by atoms with van der Waals surface area (Å²) in [7, 11) is 0. The molecule has 1 fully saturated rings. The smallest absolute Gasteiger partial charge is 0.258 e. The van der Waals surface area contributed by atoms with Gasteiger partial charge in [0.15, 0.2) is 6.61 Å². The zero-order valence-corrected chi connectivity index (χ0v) is 13.8. The molecule has 0 aliphatic carbocycles. The first-order valence-electron chi connectivity index (χ1n) is 7.08. The standard InChI is InChI=1S/C15H18Cl2N2O3/c1-10(20)19-6-4-11(5-7-19)18-15(21)9-22-12-2-3-13(16)14(17)8-12/h2-3,8,11H,4-7,9H2,1H3,(H,18,21). The fourth-order valence-corrected chi connectivity index (χ4v) is 2.61. The predicted octanol–water partition coefficient (Wildman–Crippen LogP) is 2.50. The molecular formula is C15H18Cl2N2O3. The average Bonchev–Trinajstić information content (AvgIpc) is 2.49. The van der Waals surface area contributed by atoms with E-state index in [0.29, 0.717) is 28.9 Å². The lowest BCUT2D eigenvalue weighted by atomic mass is 10.1. The Morgan fingerprint density at radius 3 is 2.55 bits per heavy atom. The summed E-state index contributed by atoms with van der Waals surface area (Å²) in [6, 6.07) is 4.93. The van der Waals surface area contributed by atoms with Gasteiger partial charge in [0.2, 0.25) is 5.91 Å². The van der Waals surface area contributed by atoms with Gasteiger partial charge in [-0.3, -0.25) is 9.59 Å². The van der Waals surface area contributed by atoms with Crippen LogP contribution in [0.25, 0.3) is 0 Å². The number of nitrogens with zero attached hydrogens (tertiary/aromatic N) is 1. The molecule has 0 radical (unpaired) electrons. The maximum absolute atomic E-state index is 11.9. The Morgan fingerprint density at radius 2 is 1.95 bits per heavy atom. The van der Waals surface area contributed by atoms with Crippen molar-refractivity contribution in [3.8, 4) is 5.75 Å². The van der Waals surface area contributed by atoms with Gasteiger partial charge < -0.3 is 15.0 Å². The van der Waals surface area contributed by atoms with Crippen molar-refractivity contribution in [1.29, 1.82) is 0 Å². The number of halogens is 2. The lowest BCUT2D eigenvalue weighted by Crippen LogP contribution is -2.47. The number of carbonyl (C=O) groups excluding carboxylic acids is 2. The van der Waals surface area contributed by atoms with Crippen molar-refractivity contribution in [3.05, 3.63) is 28.2 Å². The molecule has 1 aromatic carbocycles. The first kappa shape index (κ1) is 16.9. The summed E-state index contributed by atoms with van der Waals surface area (Å²) in [5.74, 6) is 0.385. The number of carbonyl (C=O) groups is 2. The molecule has 0 atom stereocenters. The molecule has 1 heterocycles. The minimum Gasteiger partial charge on any atom is -0.484 e. The van der Waals surface area contributed by atoms with E-state index < -0.39 is 0 Å². The molecule has 0 spiro atoms. The Morgan fingerprint density at radius 1 is 1.27 bits per heavy atom. The SMILES string of the molecule is CC(=O)N1CCC(NC(=O)COc2ccc(Cl)c(Cl)c2)CC1. The molecule has 1 saturated heterocycles. The van der Waals surface area contributed by atoms with E-state index in [1.54, 1.807) is 30.0 Å². The van der Waals surface area contributed by atoms with E-state index in [1.165, 1.54) is 0 Å². The van der Waals surface area contributed by atoms with Crippen LogP contribution in [0.1, 0.15) is 19.8 Å². The summed E-state index contributed by atoms with van der Waals surface area (Å²) in [4.78, 5) is 24.9. The Balaban J connectivity index is 1.74. The van der Waals surface area contributed by atoms with E-state index in [-0.39, 0.29) is 24.5 Å². The number of ether oxygens (including phenoxy) is 1. The van der Waals surface area contributed by atoms with E-state index in [4.69, 9.17) is 27.9 Å². The van der Waals surface area contributed by atoms with Gasteiger partial charge in [-0.15, -0.1) is 0 Å². The highest BCUT2D eigenvalue weighted by atomic mass is 35.5. The van der Waals surface area contributed by atoms with Gasteiger partial charge in [0.05, 0.1) is 10.0 Å².